The molecule has 2 saturated heterocycles. The zero-order valence-corrected chi connectivity index (χ0v) is 15.3. The summed E-state index contributed by atoms with van der Waals surface area (Å²) in [6.07, 6.45) is 8.48. The summed E-state index contributed by atoms with van der Waals surface area (Å²) in [4.78, 5) is 25.3. The topological polar surface area (TPSA) is 81.6 Å². The van der Waals surface area contributed by atoms with Crippen LogP contribution in [0, 0.1) is 5.92 Å². The summed E-state index contributed by atoms with van der Waals surface area (Å²) in [6.45, 7) is 3.29. The van der Waals surface area contributed by atoms with Crippen molar-refractivity contribution < 1.29 is 9.90 Å². The molecule has 1 saturated carbocycles. The highest BCUT2D eigenvalue weighted by Crippen LogP contribution is 2.29. The van der Waals surface area contributed by atoms with Crippen molar-refractivity contribution in [2.45, 2.75) is 57.1 Å². The molecule has 7 nitrogen and oxygen atoms in total. The lowest BCUT2D eigenvalue weighted by Crippen LogP contribution is -2.36. The Morgan fingerprint density at radius 2 is 1.92 bits per heavy atom. The van der Waals surface area contributed by atoms with Gasteiger partial charge in [0, 0.05) is 50.6 Å². The van der Waals surface area contributed by atoms with E-state index in [1.807, 2.05) is 6.07 Å². The van der Waals surface area contributed by atoms with Crippen LogP contribution in [0.25, 0.3) is 0 Å². The predicted octanol–water partition coefficient (Wildman–Crippen LogP) is 1.64. The fourth-order valence-electron chi connectivity index (χ4n) is 4.47. The molecule has 0 spiro atoms. The van der Waals surface area contributed by atoms with Gasteiger partial charge in [-0.2, -0.15) is 0 Å². The number of nitrogens with one attached hydrogen (secondary N) is 1. The van der Waals surface area contributed by atoms with Gasteiger partial charge in [0.05, 0.1) is 6.10 Å². The first kappa shape index (κ1) is 17.5. The number of aliphatic hydroxyl groups is 1. The average molecular weight is 359 g/mol. The molecule has 0 radical (unpaired) electrons. The molecule has 0 aromatic carbocycles. The molecule has 1 unspecified atom stereocenters. The van der Waals surface area contributed by atoms with E-state index in [1.54, 1.807) is 6.33 Å². The molecular formula is C19H29N5O2. The highest BCUT2D eigenvalue weighted by molar-refractivity contribution is 5.79. The standard InChI is InChI=1S/C19H29N5O2/c25-16-5-7-23(8-6-16)18-10-17(21-13-22-18)20-11-14-9-19(26)24(12-14)15-3-1-2-4-15/h10,13-16,25H,1-9,11-12H2,(H,20,21,22). The number of amides is 1. The molecule has 2 N–H and O–H groups in total. The fraction of sp³-hybridized carbons (Fsp3) is 0.737. The van der Waals surface area contributed by atoms with Gasteiger partial charge in [-0.1, -0.05) is 12.8 Å². The van der Waals surface area contributed by atoms with E-state index in [-0.39, 0.29) is 6.10 Å². The Bertz CT molecular complexity index is 626. The van der Waals surface area contributed by atoms with Crippen molar-refractivity contribution in [1.29, 1.82) is 0 Å². The molecule has 142 valence electrons. The van der Waals surface area contributed by atoms with Crippen molar-refractivity contribution in [3.63, 3.8) is 0 Å². The van der Waals surface area contributed by atoms with Gasteiger partial charge in [-0.25, -0.2) is 9.97 Å². The van der Waals surface area contributed by atoms with Crippen molar-refractivity contribution in [3.8, 4) is 0 Å². The lowest BCUT2D eigenvalue weighted by atomic mass is 10.1. The Labute approximate surface area is 154 Å². The second-order valence-electron chi connectivity index (χ2n) is 7.92. The van der Waals surface area contributed by atoms with Crippen molar-refractivity contribution >= 4 is 17.5 Å². The monoisotopic (exact) mass is 359 g/mol. The Morgan fingerprint density at radius 1 is 1.15 bits per heavy atom. The molecule has 1 aromatic rings. The molecule has 3 fully saturated rings. The molecule has 3 aliphatic rings. The first-order valence-electron chi connectivity index (χ1n) is 9.97. The maximum atomic E-state index is 12.3. The van der Waals surface area contributed by atoms with E-state index in [2.05, 4.69) is 25.1 Å². The zero-order valence-electron chi connectivity index (χ0n) is 15.3. The Balaban J connectivity index is 1.31. The average Bonchev–Trinajstić information content (AvgIpc) is 3.30. The number of rotatable bonds is 5. The van der Waals surface area contributed by atoms with Gasteiger partial charge in [-0.3, -0.25) is 4.79 Å². The van der Waals surface area contributed by atoms with Gasteiger partial charge in [0.2, 0.25) is 5.91 Å². The number of piperidine rings is 1. The first-order valence-corrected chi connectivity index (χ1v) is 9.97. The molecule has 3 heterocycles. The van der Waals surface area contributed by atoms with Gasteiger partial charge in [0.15, 0.2) is 0 Å². The van der Waals surface area contributed by atoms with Crippen LogP contribution in [0.1, 0.15) is 44.9 Å². The summed E-state index contributed by atoms with van der Waals surface area (Å²) in [5, 5.41) is 13.1. The van der Waals surface area contributed by atoms with Gasteiger partial charge in [0.25, 0.3) is 0 Å². The Hall–Kier alpha value is -1.89. The van der Waals surface area contributed by atoms with Crippen molar-refractivity contribution in [2.24, 2.45) is 5.92 Å². The summed E-state index contributed by atoms with van der Waals surface area (Å²) in [6, 6.07) is 2.45. The Morgan fingerprint density at radius 3 is 2.69 bits per heavy atom. The van der Waals surface area contributed by atoms with Crippen LogP contribution >= 0.6 is 0 Å². The summed E-state index contributed by atoms with van der Waals surface area (Å²) >= 11 is 0. The third-order valence-electron chi connectivity index (χ3n) is 6.02. The number of anilines is 2. The van der Waals surface area contributed by atoms with Crippen LogP contribution < -0.4 is 10.2 Å². The summed E-state index contributed by atoms with van der Waals surface area (Å²) in [5.74, 6) is 2.39. The van der Waals surface area contributed by atoms with Gasteiger partial charge >= 0.3 is 0 Å². The van der Waals surface area contributed by atoms with Crippen LogP contribution in [0.2, 0.25) is 0 Å². The van der Waals surface area contributed by atoms with Crippen molar-refractivity contribution in [2.75, 3.05) is 36.4 Å². The lowest BCUT2D eigenvalue weighted by Gasteiger charge is -2.30. The van der Waals surface area contributed by atoms with Gasteiger partial charge in [-0.15, -0.1) is 0 Å². The smallest absolute Gasteiger partial charge is 0.223 e. The second-order valence-corrected chi connectivity index (χ2v) is 7.92. The minimum absolute atomic E-state index is 0.187. The Kier molecular flexibility index (Phi) is 5.24. The first-order chi connectivity index (χ1) is 12.7. The van der Waals surface area contributed by atoms with E-state index in [1.165, 1.54) is 25.7 Å². The maximum absolute atomic E-state index is 12.3. The van der Waals surface area contributed by atoms with E-state index >= 15 is 0 Å². The van der Waals surface area contributed by atoms with E-state index in [4.69, 9.17) is 0 Å². The number of carbonyl (C=O) groups is 1. The summed E-state index contributed by atoms with van der Waals surface area (Å²) in [5.41, 5.74) is 0. The number of aromatic nitrogens is 2. The number of hydrogen-bond acceptors (Lipinski definition) is 6. The lowest BCUT2D eigenvalue weighted by molar-refractivity contribution is -0.129. The largest absolute Gasteiger partial charge is 0.393 e. The number of nitrogens with zero attached hydrogens (tertiary/aromatic N) is 4. The van der Waals surface area contributed by atoms with Gasteiger partial charge < -0.3 is 20.2 Å². The normalized spacial score (nSPS) is 25.3. The molecule has 0 bridgehead atoms. The number of hydrogen-bond donors (Lipinski definition) is 2. The molecule has 1 amide bonds. The SMILES string of the molecule is O=C1CC(CNc2cc(N3CCC(O)CC3)ncn2)CN1C1CCCC1. The molecule has 26 heavy (non-hydrogen) atoms. The third-order valence-corrected chi connectivity index (χ3v) is 6.02. The molecule has 7 heteroatoms. The van der Waals surface area contributed by atoms with Gasteiger partial charge in [0.1, 0.15) is 18.0 Å². The van der Waals surface area contributed by atoms with Crippen molar-refractivity contribution in [1.82, 2.24) is 14.9 Å². The highest BCUT2D eigenvalue weighted by atomic mass is 16.3. The fourth-order valence-corrected chi connectivity index (χ4v) is 4.47. The van der Waals surface area contributed by atoms with Crippen LogP contribution in [0.4, 0.5) is 11.6 Å². The van der Waals surface area contributed by atoms with E-state index in [9.17, 15) is 9.90 Å². The van der Waals surface area contributed by atoms with Crippen LogP contribution in [0.5, 0.6) is 0 Å². The minimum Gasteiger partial charge on any atom is -0.393 e. The summed E-state index contributed by atoms with van der Waals surface area (Å²) < 4.78 is 0. The molecule has 1 atom stereocenters. The minimum atomic E-state index is -0.187. The van der Waals surface area contributed by atoms with E-state index in [0.717, 1.165) is 50.7 Å². The van der Waals surface area contributed by atoms with Crippen LogP contribution in [0.3, 0.4) is 0 Å². The van der Waals surface area contributed by atoms with E-state index in [0.29, 0.717) is 24.3 Å². The number of likely N-dealkylation sites (tertiary alicyclic amines) is 1. The third kappa shape index (κ3) is 3.92. The second kappa shape index (κ2) is 7.78. The number of aliphatic hydroxyl groups excluding tert-OH is 1. The van der Waals surface area contributed by atoms with Crippen molar-refractivity contribution in [3.05, 3.63) is 12.4 Å². The summed E-state index contributed by atoms with van der Waals surface area (Å²) in [7, 11) is 0. The van der Waals surface area contributed by atoms with Crippen LogP contribution in [-0.4, -0.2) is 64.2 Å². The maximum Gasteiger partial charge on any atom is 0.223 e. The number of carbonyl (C=O) groups excluding carboxylic acids is 1. The van der Waals surface area contributed by atoms with Gasteiger partial charge in [-0.05, 0) is 25.7 Å². The quantitative estimate of drug-likeness (QED) is 0.832. The molecule has 4 rings (SSSR count). The molecule has 2 aliphatic heterocycles. The van der Waals surface area contributed by atoms with Crippen LogP contribution in [0.15, 0.2) is 12.4 Å². The highest BCUT2D eigenvalue weighted by Gasteiger charge is 2.35. The molecular weight excluding hydrogens is 330 g/mol. The molecule has 1 aliphatic carbocycles. The van der Waals surface area contributed by atoms with E-state index < -0.39 is 0 Å². The molecule has 1 aromatic heterocycles. The van der Waals surface area contributed by atoms with Crippen LogP contribution in [-0.2, 0) is 4.79 Å². The zero-order chi connectivity index (χ0) is 17.9. The predicted molar refractivity (Wildman–Crippen MR) is 100 cm³/mol.